The third-order valence-corrected chi connectivity index (χ3v) is 5.01. The molecule has 1 aromatic heterocycles. The molecule has 3 rings (SSSR count). The number of nitrogens with zero attached hydrogens (tertiary/aromatic N) is 2. The molecule has 3 nitrogen and oxygen atoms in total. The highest BCUT2D eigenvalue weighted by atomic mass is 79.9. The number of aromatic nitrogens is 2. The predicted molar refractivity (Wildman–Crippen MR) is 67.0 cm³/mol. The van der Waals surface area contributed by atoms with Gasteiger partial charge in [0, 0.05) is 7.05 Å². The third-order valence-electron chi connectivity index (χ3n) is 4.40. The highest BCUT2D eigenvalue weighted by Gasteiger charge is 2.56. The third kappa shape index (κ3) is 1.46. The first-order valence-corrected chi connectivity index (χ1v) is 6.88. The minimum atomic E-state index is 0.470. The van der Waals surface area contributed by atoms with Crippen LogP contribution in [0.5, 0.6) is 0 Å². The van der Waals surface area contributed by atoms with Crippen LogP contribution in [0.15, 0.2) is 10.7 Å². The lowest BCUT2D eigenvalue weighted by Gasteiger charge is -2.19. The van der Waals surface area contributed by atoms with Crippen LogP contribution in [0.25, 0.3) is 0 Å². The maximum atomic E-state index is 4.32. The van der Waals surface area contributed by atoms with Gasteiger partial charge in [-0.05, 0) is 53.6 Å². The van der Waals surface area contributed by atoms with Crippen molar-refractivity contribution in [3.63, 3.8) is 0 Å². The molecular weight excluding hydrogens is 266 g/mol. The van der Waals surface area contributed by atoms with Gasteiger partial charge >= 0.3 is 0 Å². The summed E-state index contributed by atoms with van der Waals surface area (Å²) in [6, 6.07) is 0.470. The predicted octanol–water partition coefficient (Wildman–Crippen LogP) is 2.49. The molecule has 1 heterocycles. The summed E-state index contributed by atoms with van der Waals surface area (Å²) in [4.78, 5) is 0. The fourth-order valence-corrected chi connectivity index (χ4v) is 4.25. The zero-order chi connectivity index (χ0) is 11.3. The second-order valence-corrected chi connectivity index (χ2v) is 5.96. The molecule has 1 N–H and O–H groups in total. The molecule has 0 bridgehead atoms. The average Bonchev–Trinajstić information content (AvgIpc) is 2.63. The first-order valence-electron chi connectivity index (χ1n) is 6.08. The molecule has 16 heavy (non-hydrogen) atoms. The number of nitrogens with one attached hydrogen (secondary N) is 1. The van der Waals surface area contributed by atoms with Crippen molar-refractivity contribution < 1.29 is 0 Å². The Labute approximate surface area is 105 Å². The van der Waals surface area contributed by atoms with Crippen molar-refractivity contribution in [2.75, 3.05) is 7.05 Å². The number of rotatable bonds is 3. The Kier molecular flexibility index (Phi) is 2.59. The monoisotopic (exact) mass is 283 g/mol. The molecule has 1 aromatic rings. The van der Waals surface area contributed by atoms with E-state index in [1.165, 1.54) is 25.0 Å². The summed E-state index contributed by atoms with van der Waals surface area (Å²) in [5.41, 5.74) is 1.31. The van der Waals surface area contributed by atoms with Gasteiger partial charge in [0.15, 0.2) is 0 Å². The van der Waals surface area contributed by atoms with Crippen molar-refractivity contribution >= 4 is 15.9 Å². The van der Waals surface area contributed by atoms with Gasteiger partial charge in [-0.1, -0.05) is 6.42 Å². The largest absolute Gasteiger partial charge is 0.311 e. The van der Waals surface area contributed by atoms with Gasteiger partial charge in [-0.25, -0.2) is 0 Å². The van der Waals surface area contributed by atoms with Crippen molar-refractivity contribution in [1.29, 1.82) is 0 Å². The van der Waals surface area contributed by atoms with E-state index in [0.717, 1.165) is 22.2 Å². The molecule has 0 radical (unpaired) electrons. The maximum absolute atomic E-state index is 4.32. The van der Waals surface area contributed by atoms with Crippen molar-refractivity contribution in [1.82, 2.24) is 15.1 Å². The summed E-state index contributed by atoms with van der Waals surface area (Å²) in [5.74, 6) is 2.78. The standard InChI is InChI=1S/C12H18BrN3/c1-14-11(10-7-4-3-5-8(7)10)12-9(13)6-15-16(12)2/h6-8,10-11,14H,3-5H2,1-2H3. The zero-order valence-electron chi connectivity index (χ0n) is 9.78. The Bertz CT molecular complexity index is 371. The summed E-state index contributed by atoms with van der Waals surface area (Å²) < 4.78 is 3.14. The van der Waals surface area contributed by atoms with Gasteiger partial charge in [-0.2, -0.15) is 5.10 Å². The average molecular weight is 284 g/mol. The van der Waals surface area contributed by atoms with Crippen LogP contribution < -0.4 is 5.32 Å². The van der Waals surface area contributed by atoms with Gasteiger partial charge < -0.3 is 5.32 Å². The topological polar surface area (TPSA) is 29.9 Å². The molecular formula is C12H18BrN3. The van der Waals surface area contributed by atoms with Crippen LogP contribution in [0, 0.1) is 17.8 Å². The maximum Gasteiger partial charge on any atom is 0.0695 e. The van der Waals surface area contributed by atoms with Crippen molar-refractivity contribution in [3.8, 4) is 0 Å². The molecule has 0 saturated heterocycles. The van der Waals surface area contributed by atoms with Crippen molar-refractivity contribution in [3.05, 3.63) is 16.4 Å². The highest BCUT2D eigenvalue weighted by Crippen LogP contribution is 2.62. The number of fused-ring (bicyclic) bond motifs is 1. The van der Waals surface area contributed by atoms with E-state index in [2.05, 4.69) is 33.4 Å². The molecule has 2 aliphatic rings. The molecule has 0 amide bonds. The highest BCUT2D eigenvalue weighted by molar-refractivity contribution is 9.10. The Morgan fingerprint density at radius 2 is 2.19 bits per heavy atom. The van der Waals surface area contributed by atoms with E-state index in [4.69, 9.17) is 0 Å². The van der Waals surface area contributed by atoms with E-state index in [1.807, 2.05) is 17.9 Å². The number of aryl methyl sites for hydroxylation is 1. The second kappa shape index (κ2) is 3.84. The zero-order valence-corrected chi connectivity index (χ0v) is 11.4. The Morgan fingerprint density at radius 1 is 1.50 bits per heavy atom. The summed E-state index contributed by atoms with van der Waals surface area (Å²) in [6.45, 7) is 0. The van der Waals surface area contributed by atoms with Gasteiger partial charge in [0.25, 0.3) is 0 Å². The van der Waals surface area contributed by atoms with E-state index in [1.54, 1.807) is 0 Å². The first kappa shape index (κ1) is 10.8. The molecule has 0 aromatic carbocycles. The van der Waals surface area contributed by atoms with Crippen LogP contribution in [0.2, 0.25) is 0 Å². The lowest BCUT2D eigenvalue weighted by Crippen LogP contribution is -2.23. The van der Waals surface area contributed by atoms with Crippen LogP contribution in [-0.4, -0.2) is 16.8 Å². The lowest BCUT2D eigenvalue weighted by atomic mass is 10.0. The van der Waals surface area contributed by atoms with Crippen LogP contribution in [-0.2, 0) is 7.05 Å². The fourth-order valence-electron chi connectivity index (χ4n) is 3.65. The van der Waals surface area contributed by atoms with E-state index in [9.17, 15) is 0 Å². The van der Waals surface area contributed by atoms with Crippen molar-refractivity contribution in [2.24, 2.45) is 24.8 Å². The van der Waals surface area contributed by atoms with Gasteiger partial charge in [0.05, 0.1) is 22.4 Å². The molecule has 0 aliphatic heterocycles. The minimum Gasteiger partial charge on any atom is -0.311 e. The lowest BCUT2D eigenvalue weighted by molar-refractivity contribution is 0.420. The molecule has 0 spiro atoms. The quantitative estimate of drug-likeness (QED) is 0.924. The number of hydrogen-bond acceptors (Lipinski definition) is 2. The summed E-state index contributed by atoms with van der Waals surface area (Å²) in [6.07, 6.45) is 6.21. The van der Waals surface area contributed by atoms with E-state index >= 15 is 0 Å². The Morgan fingerprint density at radius 3 is 2.69 bits per heavy atom. The van der Waals surface area contributed by atoms with Crippen LogP contribution in [0.1, 0.15) is 31.0 Å². The molecule has 2 saturated carbocycles. The Hall–Kier alpha value is -0.350. The molecule has 2 aliphatic carbocycles. The SMILES string of the molecule is CNC(c1c(Br)cnn1C)C1C2CCCC21. The van der Waals surface area contributed by atoms with Gasteiger partial charge in [-0.15, -0.1) is 0 Å². The van der Waals surface area contributed by atoms with Gasteiger partial charge in [0.2, 0.25) is 0 Å². The Balaban J connectivity index is 1.87. The molecule has 88 valence electrons. The molecule has 2 fully saturated rings. The smallest absolute Gasteiger partial charge is 0.0695 e. The number of halogens is 1. The first-order chi connectivity index (χ1) is 7.74. The molecule has 3 atom stereocenters. The molecule has 4 heteroatoms. The van der Waals surface area contributed by atoms with Crippen LogP contribution >= 0.6 is 15.9 Å². The second-order valence-electron chi connectivity index (χ2n) is 5.10. The summed E-state index contributed by atoms with van der Waals surface area (Å²) in [7, 11) is 4.10. The number of hydrogen-bond donors (Lipinski definition) is 1. The minimum absolute atomic E-state index is 0.470. The van der Waals surface area contributed by atoms with Crippen LogP contribution in [0.4, 0.5) is 0 Å². The normalized spacial score (nSPS) is 33.8. The van der Waals surface area contributed by atoms with Crippen molar-refractivity contribution in [2.45, 2.75) is 25.3 Å². The van der Waals surface area contributed by atoms with E-state index in [-0.39, 0.29) is 0 Å². The fraction of sp³-hybridized carbons (Fsp3) is 0.750. The van der Waals surface area contributed by atoms with E-state index in [0.29, 0.717) is 6.04 Å². The van der Waals surface area contributed by atoms with E-state index < -0.39 is 0 Å². The van der Waals surface area contributed by atoms with Gasteiger partial charge in [-0.3, -0.25) is 4.68 Å². The summed E-state index contributed by atoms with van der Waals surface area (Å²) in [5, 5.41) is 7.80. The van der Waals surface area contributed by atoms with Crippen LogP contribution in [0.3, 0.4) is 0 Å². The van der Waals surface area contributed by atoms with Gasteiger partial charge in [0.1, 0.15) is 0 Å². The summed E-state index contributed by atoms with van der Waals surface area (Å²) >= 11 is 3.61. The molecule has 3 unspecified atom stereocenters.